The molecule has 2 aromatic rings. The number of benzene rings is 1. The number of fused-ring (bicyclic) bond motifs is 1. The summed E-state index contributed by atoms with van der Waals surface area (Å²) < 4.78 is 4.74. The second-order valence-corrected chi connectivity index (χ2v) is 4.82. The van der Waals surface area contributed by atoms with Crippen LogP contribution in [0.5, 0.6) is 0 Å². The minimum absolute atomic E-state index is 0.207. The van der Waals surface area contributed by atoms with Gasteiger partial charge in [-0.15, -0.1) is 0 Å². The molecule has 0 radical (unpaired) electrons. The van der Waals surface area contributed by atoms with E-state index in [1.807, 2.05) is 32.0 Å². The number of hydrogen-bond acceptors (Lipinski definition) is 4. The molecule has 4 nitrogen and oxygen atoms in total. The average molecular weight is 272 g/mol. The van der Waals surface area contributed by atoms with Gasteiger partial charge in [0.2, 0.25) is 0 Å². The number of aromatic nitrogens is 1. The van der Waals surface area contributed by atoms with Crippen molar-refractivity contribution < 1.29 is 9.53 Å². The van der Waals surface area contributed by atoms with Crippen molar-refractivity contribution in [1.29, 1.82) is 0 Å². The first-order valence-corrected chi connectivity index (χ1v) is 6.78. The number of rotatable bonds is 5. The van der Waals surface area contributed by atoms with Gasteiger partial charge in [0.15, 0.2) is 0 Å². The highest BCUT2D eigenvalue weighted by molar-refractivity contribution is 5.82. The SMILES string of the molecule is CCN(CC(=O)OC)Cc1cc(C)nc2ccccc12. The third-order valence-electron chi connectivity index (χ3n) is 3.35. The summed E-state index contributed by atoms with van der Waals surface area (Å²) in [6.07, 6.45) is 0. The van der Waals surface area contributed by atoms with Crippen LogP contribution in [0.4, 0.5) is 0 Å². The lowest BCUT2D eigenvalue weighted by molar-refractivity contribution is -0.142. The standard InChI is InChI=1S/C16H20N2O2/c1-4-18(11-16(19)20-3)10-13-9-12(2)17-15-8-6-5-7-14(13)15/h5-9H,4,10-11H2,1-3H3. The highest BCUT2D eigenvalue weighted by Crippen LogP contribution is 2.19. The molecule has 4 heteroatoms. The molecule has 0 amide bonds. The molecule has 0 bridgehead atoms. The maximum Gasteiger partial charge on any atom is 0.319 e. The molecule has 0 spiro atoms. The van der Waals surface area contributed by atoms with Gasteiger partial charge in [-0.3, -0.25) is 14.7 Å². The van der Waals surface area contributed by atoms with Crippen molar-refractivity contribution in [3.63, 3.8) is 0 Å². The molecule has 0 aliphatic rings. The molecule has 20 heavy (non-hydrogen) atoms. The minimum atomic E-state index is -0.207. The van der Waals surface area contributed by atoms with Crippen LogP contribution < -0.4 is 0 Å². The predicted molar refractivity (Wildman–Crippen MR) is 79.4 cm³/mol. The molecule has 1 aromatic carbocycles. The van der Waals surface area contributed by atoms with E-state index in [1.54, 1.807) is 0 Å². The highest BCUT2D eigenvalue weighted by Gasteiger charge is 2.12. The quantitative estimate of drug-likeness (QED) is 0.784. The first-order chi connectivity index (χ1) is 9.63. The van der Waals surface area contributed by atoms with Gasteiger partial charge >= 0.3 is 5.97 Å². The molecule has 1 heterocycles. The van der Waals surface area contributed by atoms with Crippen LogP contribution in [0.15, 0.2) is 30.3 Å². The number of likely N-dealkylation sites (N-methyl/N-ethyl adjacent to an activating group) is 1. The molecule has 0 fully saturated rings. The predicted octanol–water partition coefficient (Wildman–Crippen LogP) is 2.54. The van der Waals surface area contributed by atoms with Gasteiger partial charge in [0.1, 0.15) is 0 Å². The van der Waals surface area contributed by atoms with Crippen LogP contribution in [0.25, 0.3) is 10.9 Å². The number of esters is 1. The van der Waals surface area contributed by atoms with E-state index < -0.39 is 0 Å². The van der Waals surface area contributed by atoms with Crippen LogP contribution in [0, 0.1) is 6.92 Å². The average Bonchev–Trinajstić information content (AvgIpc) is 2.46. The molecule has 0 saturated carbocycles. The number of pyridine rings is 1. The van der Waals surface area contributed by atoms with E-state index in [0.29, 0.717) is 6.54 Å². The smallest absolute Gasteiger partial charge is 0.319 e. The fraction of sp³-hybridized carbons (Fsp3) is 0.375. The maximum atomic E-state index is 11.4. The summed E-state index contributed by atoms with van der Waals surface area (Å²) in [5, 5.41) is 1.14. The Labute approximate surface area is 119 Å². The number of carbonyl (C=O) groups is 1. The Morgan fingerprint density at radius 1 is 1.35 bits per heavy atom. The van der Waals surface area contributed by atoms with Gasteiger partial charge in [0.25, 0.3) is 0 Å². The molecule has 1 aromatic heterocycles. The molecule has 106 valence electrons. The van der Waals surface area contributed by atoms with Gasteiger partial charge in [-0.1, -0.05) is 25.1 Å². The zero-order chi connectivity index (χ0) is 14.5. The third kappa shape index (κ3) is 3.33. The highest BCUT2D eigenvalue weighted by atomic mass is 16.5. The van der Waals surface area contributed by atoms with Crippen LogP contribution in [0.1, 0.15) is 18.2 Å². The van der Waals surface area contributed by atoms with Gasteiger partial charge in [0, 0.05) is 17.6 Å². The van der Waals surface area contributed by atoms with E-state index in [0.717, 1.165) is 29.7 Å². The van der Waals surface area contributed by atoms with E-state index in [2.05, 4.69) is 22.0 Å². The summed E-state index contributed by atoms with van der Waals surface area (Å²) in [6.45, 7) is 5.86. The summed E-state index contributed by atoms with van der Waals surface area (Å²) in [5.74, 6) is -0.207. The monoisotopic (exact) mass is 272 g/mol. The van der Waals surface area contributed by atoms with Gasteiger partial charge in [-0.2, -0.15) is 0 Å². The number of methoxy groups -OCH3 is 1. The Kier molecular flexibility index (Phi) is 4.69. The van der Waals surface area contributed by atoms with E-state index in [1.165, 1.54) is 12.7 Å². The lowest BCUT2D eigenvalue weighted by atomic mass is 10.1. The molecular formula is C16H20N2O2. The largest absolute Gasteiger partial charge is 0.468 e. The Morgan fingerprint density at radius 3 is 2.80 bits per heavy atom. The first kappa shape index (κ1) is 14.5. The van der Waals surface area contributed by atoms with Crippen molar-refractivity contribution >= 4 is 16.9 Å². The van der Waals surface area contributed by atoms with E-state index in [4.69, 9.17) is 4.74 Å². The molecule has 0 aliphatic carbocycles. The normalized spacial score (nSPS) is 11.0. The Balaban J connectivity index is 2.29. The summed E-state index contributed by atoms with van der Waals surface area (Å²) >= 11 is 0. The summed E-state index contributed by atoms with van der Waals surface area (Å²) in [6, 6.07) is 10.2. The fourth-order valence-electron chi connectivity index (χ4n) is 2.29. The van der Waals surface area contributed by atoms with Gasteiger partial charge in [-0.05, 0) is 31.2 Å². The Hall–Kier alpha value is -1.94. The number of ether oxygens (including phenoxy) is 1. The number of hydrogen-bond donors (Lipinski definition) is 0. The van der Waals surface area contributed by atoms with Gasteiger partial charge in [-0.25, -0.2) is 0 Å². The van der Waals surface area contributed by atoms with Crippen molar-refractivity contribution in [1.82, 2.24) is 9.88 Å². The van der Waals surface area contributed by atoms with Crippen LogP contribution >= 0.6 is 0 Å². The van der Waals surface area contributed by atoms with E-state index in [-0.39, 0.29) is 5.97 Å². The lowest BCUT2D eigenvalue weighted by Gasteiger charge is -2.20. The van der Waals surface area contributed by atoms with Gasteiger partial charge in [0.05, 0.1) is 19.2 Å². The van der Waals surface area contributed by atoms with Crippen molar-refractivity contribution in [3.05, 3.63) is 41.6 Å². The maximum absolute atomic E-state index is 11.4. The molecule has 0 saturated heterocycles. The van der Waals surface area contributed by atoms with Gasteiger partial charge < -0.3 is 4.74 Å². The fourth-order valence-corrected chi connectivity index (χ4v) is 2.29. The molecule has 0 unspecified atom stereocenters. The van der Waals surface area contributed by atoms with E-state index >= 15 is 0 Å². The number of nitrogens with zero attached hydrogens (tertiary/aromatic N) is 2. The third-order valence-corrected chi connectivity index (χ3v) is 3.35. The number of para-hydroxylation sites is 1. The lowest BCUT2D eigenvalue weighted by Crippen LogP contribution is -2.30. The molecule has 2 rings (SSSR count). The van der Waals surface area contributed by atoms with E-state index in [9.17, 15) is 4.79 Å². The summed E-state index contributed by atoms with van der Waals surface area (Å²) in [4.78, 5) is 18.0. The Morgan fingerprint density at radius 2 is 2.10 bits per heavy atom. The molecule has 0 atom stereocenters. The topological polar surface area (TPSA) is 42.4 Å². The Bertz CT molecular complexity index is 610. The van der Waals surface area contributed by atoms with Crippen LogP contribution in [-0.2, 0) is 16.1 Å². The summed E-state index contributed by atoms with van der Waals surface area (Å²) in [5.41, 5.74) is 3.18. The number of carbonyl (C=O) groups excluding carboxylic acids is 1. The van der Waals surface area contributed by atoms with Crippen molar-refractivity contribution in [3.8, 4) is 0 Å². The van der Waals surface area contributed by atoms with Crippen LogP contribution in [0.2, 0.25) is 0 Å². The number of aryl methyl sites for hydroxylation is 1. The molecular weight excluding hydrogens is 252 g/mol. The molecule has 0 aliphatic heterocycles. The van der Waals surface area contributed by atoms with Crippen LogP contribution in [-0.4, -0.2) is 36.1 Å². The summed E-state index contributed by atoms with van der Waals surface area (Å²) in [7, 11) is 1.42. The second kappa shape index (κ2) is 6.48. The van der Waals surface area contributed by atoms with Crippen molar-refractivity contribution in [2.24, 2.45) is 0 Å². The molecule has 0 N–H and O–H groups in total. The zero-order valence-corrected chi connectivity index (χ0v) is 12.2. The van der Waals surface area contributed by atoms with Crippen molar-refractivity contribution in [2.45, 2.75) is 20.4 Å². The zero-order valence-electron chi connectivity index (χ0n) is 12.2. The first-order valence-electron chi connectivity index (χ1n) is 6.78. The van der Waals surface area contributed by atoms with Crippen LogP contribution in [0.3, 0.4) is 0 Å². The van der Waals surface area contributed by atoms with Crippen molar-refractivity contribution in [2.75, 3.05) is 20.2 Å². The minimum Gasteiger partial charge on any atom is -0.468 e. The second-order valence-electron chi connectivity index (χ2n) is 4.82.